The van der Waals surface area contributed by atoms with Crippen LogP contribution in [0.5, 0.6) is 0 Å². The van der Waals surface area contributed by atoms with E-state index in [1.54, 1.807) is 0 Å². The molecule has 0 aliphatic heterocycles. The van der Waals surface area contributed by atoms with Crippen molar-refractivity contribution in [2.45, 2.75) is 0 Å². The predicted molar refractivity (Wildman–Crippen MR) is 57.8 cm³/mol. The van der Waals surface area contributed by atoms with Gasteiger partial charge in [0.25, 0.3) is 0 Å². The molecule has 0 aliphatic rings. The molecule has 0 aliphatic carbocycles. The van der Waals surface area contributed by atoms with Gasteiger partial charge in [-0.05, 0) is 28.2 Å². The van der Waals surface area contributed by atoms with Gasteiger partial charge in [0.1, 0.15) is 0 Å². The summed E-state index contributed by atoms with van der Waals surface area (Å²) >= 11 is 0. The van der Waals surface area contributed by atoms with Gasteiger partial charge in [-0.2, -0.15) is 0 Å². The molecule has 0 aromatic heterocycles. The van der Waals surface area contributed by atoms with Crippen molar-refractivity contribution < 1.29 is 30.6 Å². The summed E-state index contributed by atoms with van der Waals surface area (Å²) in [7, 11) is 8.35. The van der Waals surface area contributed by atoms with Gasteiger partial charge in [0.05, 0.1) is 10.2 Å². The van der Waals surface area contributed by atoms with E-state index in [-0.39, 0.29) is 20.4 Å². The van der Waals surface area contributed by atoms with Gasteiger partial charge in [-0.15, -0.1) is 0 Å². The third kappa shape index (κ3) is 159. The largest absolute Gasteiger partial charge is 2.00 e. The molecule has 0 saturated heterocycles. The third-order valence-corrected chi connectivity index (χ3v) is 0.994. The maximum absolute atomic E-state index is 8.25. The maximum atomic E-state index is 8.25. The fourth-order valence-corrected chi connectivity index (χ4v) is 0.400. The van der Waals surface area contributed by atoms with Gasteiger partial charge in [0, 0.05) is 13.1 Å². The molecular formula is C6H16N4O6Pd. The van der Waals surface area contributed by atoms with Crippen LogP contribution in [0.15, 0.2) is 0 Å². The van der Waals surface area contributed by atoms with E-state index in [9.17, 15) is 0 Å². The molecule has 17 heavy (non-hydrogen) atoms. The summed E-state index contributed by atoms with van der Waals surface area (Å²) in [6.07, 6.45) is 0. The smallest absolute Gasteiger partial charge is 0.356 e. The van der Waals surface area contributed by atoms with E-state index in [1.807, 2.05) is 0 Å². The van der Waals surface area contributed by atoms with Crippen molar-refractivity contribution in [1.82, 2.24) is 9.80 Å². The van der Waals surface area contributed by atoms with Crippen LogP contribution in [0.3, 0.4) is 0 Å². The van der Waals surface area contributed by atoms with Crippen molar-refractivity contribution in [3.05, 3.63) is 30.6 Å². The number of likely N-dealkylation sites (N-methyl/N-ethyl adjacent to an activating group) is 2. The Bertz CT molecular complexity index is 163. The van der Waals surface area contributed by atoms with E-state index in [4.69, 9.17) is 30.6 Å². The van der Waals surface area contributed by atoms with Crippen LogP contribution in [-0.4, -0.2) is 61.3 Å². The molecule has 0 rings (SSSR count). The molecule has 0 radical (unpaired) electrons. The molecule has 0 bridgehead atoms. The van der Waals surface area contributed by atoms with Crippen molar-refractivity contribution in [1.29, 1.82) is 0 Å². The van der Waals surface area contributed by atoms with E-state index >= 15 is 0 Å². The van der Waals surface area contributed by atoms with E-state index < -0.39 is 10.2 Å². The minimum absolute atomic E-state index is 0. The summed E-state index contributed by atoms with van der Waals surface area (Å²) in [6, 6.07) is 0. The summed E-state index contributed by atoms with van der Waals surface area (Å²) in [5.41, 5.74) is 0. The second-order valence-electron chi connectivity index (χ2n) is 3.05. The average molecular weight is 347 g/mol. The molecule has 0 saturated carbocycles. The van der Waals surface area contributed by atoms with Crippen LogP contribution >= 0.6 is 0 Å². The van der Waals surface area contributed by atoms with Crippen LogP contribution in [0, 0.1) is 30.6 Å². The van der Waals surface area contributed by atoms with Crippen molar-refractivity contribution in [3.8, 4) is 0 Å². The van der Waals surface area contributed by atoms with Gasteiger partial charge in [0.15, 0.2) is 0 Å². The van der Waals surface area contributed by atoms with Gasteiger partial charge in [-0.25, -0.2) is 0 Å². The number of nitrogens with zero attached hydrogens (tertiary/aromatic N) is 4. The molecule has 0 aromatic carbocycles. The summed E-state index contributed by atoms with van der Waals surface area (Å²) in [5.74, 6) is 0. The van der Waals surface area contributed by atoms with Crippen molar-refractivity contribution >= 4 is 0 Å². The molecule has 0 amide bonds. The van der Waals surface area contributed by atoms with Crippen molar-refractivity contribution in [2.24, 2.45) is 0 Å². The van der Waals surface area contributed by atoms with Gasteiger partial charge in [0.2, 0.25) is 0 Å². The van der Waals surface area contributed by atoms with Crippen molar-refractivity contribution in [3.63, 3.8) is 0 Å². The van der Waals surface area contributed by atoms with Crippen LogP contribution < -0.4 is 0 Å². The molecule has 0 unspecified atom stereocenters. The Morgan fingerprint density at radius 2 is 0.882 bits per heavy atom. The fourth-order valence-electron chi connectivity index (χ4n) is 0.400. The second-order valence-corrected chi connectivity index (χ2v) is 3.05. The SMILES string of the molecule is CN(C)CCN(C)C.O=[N+]([O-])[O-].O=[N+]([O-])[O-].[Pd+2]. The molecule has 0 fully saturated rings. The summed E-state index contributed by atoms with van der Waals surface area (Å²) in [5, 5.41) is 29.5. The first-order valence-electron chi connectivity index (χ1n) is 4.02. The molecule has 10 nitrogen and oxygen atoms in total. The van der Waals surface area contributed by atoms with Crippen LogP contribution in [0.4, 0.5) is 0 Å². The first kappa shape index (κ1) is 25.0. The first-order valence-corrected chi connectivity index (χ1v) is 4.02. The zero-order valence-electron chi connectivity index (χ0n) is 9.97. The van der Waals surface area contributed by atoms with Crippen LogP contribution in [0.25, 0.3) is 0 Å². The quantitative estimate of drug-likeness (QED) is 0.383. The minimum Gasteiger partial charge on any atom is -0.356 e. The van der Waals surface area contributed by atoms with E-state index in [1.165, 1.54) is 0 Å². The first-order chi connectivity index (χ1) is 7.09. The Hall–Kier alpha value is -1.02. The number of rotatable bonds is 3. The molecule has 106 valence electrons. The maximum Gasteiger partial charge on any atom is 2.00 e. The molecule has 0 N–H and O–H groups in total. The number of hydrogen-bond acceptors (Lipinski definition) is 8. The molecule has 0 aromatic rings. The summed E-state index contributed by atoms with van der Waals surface area (Å²) in [6.45, 7) is 2.29. The van der Waals surface area contributed by atoms with Crippen LogP contribution in [0.2, 0.25) is 0 Å². The average Bonchev–Trinajstić information content (AvgIpc) is 1.98. The summed E-state index contributed by atoms with van der Waals surface area (Å²) in [4.78, 5) is 20.9. The zero-order valence-corrected chi connectivity index (χ0v) is 11.5. The molecule has 11 heteroatoms. The van der Waals surface area contributed by atoms with E-state index in [2.05, 4.69) is 38.0 Å². The standard InChI is InChI=1S/C6H16N2.2NO3.Pd/c1-7(2)5-6-8(3)4;2*2-1(3)4;/h5-6H2,1-4H3;;;/q;2*-1;+2. The van der Waals surface area contributed by atoms with Gasteiger partial charge in [-0.1, -0.05) is 0 Å². The topological polar surface area (TPSA) is 139 Å². The Balaban J connectivity index is -0.0000000806. The third-order valence-electron chi connectivity index (χ3n) is 0.994. The molecule has 0 heterocycles. The molecule has 0 atom stereocenters. The monoisotopic (exact) mass is 346 g/mol. The van der Waals surface area contributed by atoms with Crippen molar-refractivity contribution in [2.75, 3.05) is 41.3 Å². The molecular weight excluding hydrogens is 331 g/mol. The zero-order chi connectivity index (χ0) is 13.7. The van der Waals surface area contributed by atoms with Crippen LogP contribution in [-0.2, 0) is 20.4 Å². The predicted octanol–water partition coefficient (Wildman–Crippen LogP) is -0.371. The van der Waals surface area contributed by atoms with Gasteiger partial charge in [-0.3, -0.25) is 0 Å². The van der Waals surface area contributed by atoms with Gasteiger partial charge >= 0.3 is 20.4 Å². The summed E-state index contributed by atoms with van der Waals surface area (Å²) < 4.78 is 0. The minimum atomic E-state index is -1.75. The second kappa shape index (κ2) is 17.4. The Labute approximate surface area is 113 Å². The molecule has 0 spiro atoms. The Morgan fingerprint density at radius 3 is 0.941 bits per heavy atom. The number of hydrogen-bond donors (Lipinski definition) is 0. The Morgan fingerprint density at radius 1 is 0.765 bits per heavy atom. The Kier molecular flexibility index (Phi) is 25.5. The van der Waals surface area contributed by atoms with Crippen LogP contribution in [0.1, 0.15) is 0 Å². The normalized spacial score (nSPS) is 8.12. The van der Waals surface area contributed by atoms with E-state index in [0.29, 0.717) is 0 Å². The fraction of sp³-hybridized carbons (Fsp3) is 1.00. The van der Waals surface area contributed by atoms with E-state index in [0.717, 1.165) is 13.1 Å². The van der Waals surface area contributed by atoms with Gasteiger partial charge < -0.3 is 40.4 Å².